The number of piperidine rings is 1. The van der Waals surface area contributed by atoms with Gasteiger partial charge in [0.15, 0.2) is 0 Å². The van der Waals surface area contributed by atoms with Gasteiger partial charge in [0.2, 0.25) is 0 Å². The van der Waals surface area contributed by atoms with E-state index in [1.807, 2.05) is 18.2 Å². The van der Waals surface area contributed by atoms with Crippen LogP contribution in [0.2, 0.25) is 0 Å². The van der Waals surface area contributed by atoms with E-state index in [-0.39, 0.29) is 23.5 Å². The summed E-state index contributed by atoms with van der Waals surface area (Å²) in [6, 6.07) is 13.8. The molecule has 0 bridgehead atoms. The summed E-state index contributed by atoms with van der Waals surface area (Å²) in [6.07, 6.45) is 0.819. The lowest BCUT2D eigenvalue weighted by Gasteiger charge is -2.33. The van der Waals surface area contributed by atoms with Crippen LogP contribution >= 0.6 is 0 Å². The Hall–Kier alpha value is -1.74. The van der Waals surface area contributed by atoms with Crippen LogP contribution in [-0.2, 0) is 0 Å². The molecule has 0 aliphatic carbocycles. The topological polar surface area (TPSA) is 12.0 Å². The van der Waals surface area contributed by atoms with Crippen molar-refractivity contribution in [3.8, 4) is 0 Å². The summed E-state index contributed by atoms with van der Waals surface area (Å²) < 4.78 is 27.5. The van der Waals surface area contributed by atoms with E-state index >= 15 is 0 Å². The highest BCUT2D eigenvalue weighted by Crippen LogP contribution is 2.38. The fraction of sp³-hybridized carbons (Fsp3) is 0.294. The zero-order valence-electron chi connectivity index (χ0n) is 11.2. The van der Waals surface area contributed by atoms with Gasteiger partial charge in [-0.2, -0.15) is 0 Å². The van der Waals surface area contributed by atoms with E-state index in [0.29, 0.717) is 5.56 Å². The molecule has 1 fully saturated rings. The second-order valence-corrected chi connectivity index (χ2v) is 5.28. The van der Waals surface area contributed by atoms with Gasteiger partial charge in [-0.15, -0.1) is 0 Å². The van der Waals surface area contributed by atoms with E-state index < -0.39 is 0 Å². The lowest BCUT2D eigenvalue weighted by Crippen LogP contribution is -2.34. The summed E-state index contributed by atoms with van der Waals surface area (Å²) in [5.41, 5.74) is 1.67. The Kier molecular flexibility index (Phi) is 3.79. The van der Waals surface area contributed by atoms with Crippen LogP contribution in [0.4, 0.5) is 8.78 Å². The molecule has 3 rings (SSSR count). The zero-order valence-corrected chi connectivity index (χ0v) is 11.2. The average molecular weight is 273 g/mol. The van der Waals surface area contributed by atoms with Gasteiger partial charge in [0.1, 0.15) is 11.6 Å². The van der Waals surface area contributed by atoms with E-state index in [1.165, 1.54) is 23.8 Å². The van der Waals surface area contributed by atoms with E-state index in [2.05, 4.69) is 17.4 Å². The number of rotatable bonds is 2. The Morgan fingerprint density at radius 2 is 1.75 bits per heavy atom. The molecule has 1 nitrogen and oxygen atoms in total. The van der Waals surface area contributed by atoms with Gasteiger partial charge in [0.25, 0.3) is 0 Å². The van der Waals surface area contributed by atoms with Gasteiger partial charge < -0.3 is 5.32 Å². The second-order valence-electron chi connectivity index (χ2n) is 5.28. The van der Waals surface area contributed by atoms with Crippen LogP contribution in [0.1, 0.15) is 29.4 Å². The predicted octanol–water partition coefficient (Wildman–Crippen LogP) is 3.83. The standard InChI is InChI=1S/C17H17F2N/c18-13-6-7-17(19)15(10-13)14-8-9-20-11-16(14)12-4-2-1-3-5-12/h1-7,10,14,16,20H,8-9,11H2. The largest absolute Gasteiger partial charge is 0.316 e. The molecule has 2 aromatic rings. The molecule has 0 amide bonds. The van der Waals surface area contributed by atoms with Crippen molar-refractivity contribution in [3.05, 3.63) is 71.3 Å². The lowest BCUT2D eigenvalue weighted by atomic mass is 9.77. The average Bonchev–Trinajstić information content (AvgIpc) is 2.51. The van der Waals surface area contributed by atoms with Gasteiger partial charge in [-0.3, -0.25) is 0 Å². The molecule has 1 aliphatic rings. The van der Waals surface area contributed by atoms with Crippen molar-refractivity contribution < 1.29 is 8.78 Å². The number of benzene rings is 2. The van der Waals surface area contributed by atoms with Crippen molar-refractivity contribution in [2.75, 3.05) is 13.1 Å². The molecule has 20 heavy (non-hydrogen) atoms. The van der Waals surface area contributed by atoms with E-state index in [9.17, 15) is 8.78 Å². The first-order valence-corrected chi connectivity index (χ1v) is 6.96. The fourth-order valence-electron chi connectivity index (χ4n) is 3.08. The molecule has 2 atom stereocenters. The van der Waals surface area contributed by atoms with Crippen molar-refractivity contribution in [1.82, 2.24) is 5.32 Å². The summed E-state index contributed by atoms with van der Waals surface area (Å²) in [5, 5.41) is 3.35. The van der Waals surface area contributed by atoms with Crippen molar-refractivity contribution in [1.29, 1.82) is 0 Å². The molecule has 1 N–H and O–H groups in total. The maximum Gasteiger partial charge on any atom is 0.126 e. The third-order valence-electron chi connectivity index (χ3n) is 4.07. The monoisotopic (exact) mass is 273 g/mol. The zero-order chi connectivity index (χ0) is 13.9. The van der Waals surface area contributed by atoms with Crippen LogP contribution in [0.3, 0.4) is 0 Å². The number of halogens is 2. The summed E-state index contributed by atoms with van der Waals surface area (Å²) >= 11 is 0. The van der Waals surface area contributed by atoms with Crippen LogP contribution in [0.15, 0.2) is 48.5 Å². The molecule has 0 radical (unpaired) electrons. The summed E-state index contributed by atoms with van der Waals surface area (Å²) in [6.45, 7) is 1.63. The minimum Gasteiger partial charge on any atom is -0.316 e. The highest BCUT2D eigenvalue weighted by Gasteiger charge is 2.29. The first-order chi connectivity index (χ1) is 9.75. The number of hydrogen-bond acceptors (Lipinski definition) is 1. The molecule has 1 aliphatic heterocycles. The Balaban J connectivity index is 1.99. The number of nitrogens with one attached hydrogen (secondary N) is 1. The van der Waals surface area contributed by atoms with Gasteiger partial charge in [0, 0.05) is 12.5 Å². The summed E-state index contributed by atoms with van der Waals surface area (Å²) in [4.78, 5) is 0. The van der Waals surface area contributed by atoms with E-state index in [1.54, 1.807) is 0 Å². The maximum atomic E-state index is 14.1. The van der Waals surface area contributed by atoms with Gasteiger partial charge in [-0.1, -0.05) is 30.3 Å². The maximum absolute atomic E-state index is 14.1. The highest BCUT2D eigenvalue weighted by atomic mass is 19.1. The molecule has 104 valence electrons. The SMILES string of the molecule is Fc1ccc(F)c(C2CCNCC2c2ccccc2)c1. The predicted molar refractivity (Wildman–Crippen MR) is 75.8 cm³/mol. The third-order valence-corrected chi connectivity index (χ3v) is 4.07. The minimum atomic E-state index is -0.369. The van der Waals surface area contributed by atoms with Crippen molar-refractivity contribution in [2.45, 2.75) is 18.3 Å². The molecule has 3 heteroatoms. The number of hydrogen-bond donors (Lipinski definition) is 1. The highest BCUT2D eigenvalue weighted by molar-refractivity contribution is 5.31. The Morgan fingerprint density at radius 3 is 2.55 bits per heavy atom. The molecule has 1 saturated heterocycles. The molecule has 0 saturated carbocycles. The minimum absolute atomic E-state index is 0.0225. The van der Waals surface area contributed by atoms with Gasteiger partial charge in [-0.25, -0.2) is 8.78 Å². The van der Waals surface area contributed by atoms with Crippen LogP contribution in [-0.4, -0.2) is 13.1 Å². The second kappa shape index (κ2) is 5.71. The first-order valence-electron chi connectivity index (χ1n) is 6.96. The van der Waals surface area contributed by atoms with Crippen molar-refractivity contribution >= 4 is 0 Å². The molecular weight excluding hydrogens is 256 g/mol. The van der Waals surface area contributed by atoms with Crippen LogP contribution in [0.25, 0.3) is 0 Å². The summed E-state index contributed by atoms with van der Waals surface area (Å²) in [7, 11) is 0. The molecule has 0 spiro atoms. The van der Waals surface area contributed by atoms with Crippen LogP contribution in [0.5, 0.6) is 0 Å². The normalized spacial score (nSPS) is 22.7. The van der Waals surface area contributed by atoms with Gasteiger partial charge >= 0.3 is 0 Å². The quantitative estimate of drug-likeness (QED) is 0.877. The van der Waals surface area contributed by atoms with Crippen molar-refractivity contribution in [3.63, 3.8) is 0 Å². The first kappa shape index (κ1) is 13.3. The van der Waals surface area contributed by atoms with Crippen LogP contribution < -0.4 is 5.32 Å². The lowest BCUT2D eigenvalue weighted by molar-refractivity contribution is 0.391. The Labute approximate surface area is 117 Å². The Bertz CT molecular complexity index is 583. The van der Waals surface area contributed by atoms with Crippen molar-refractivity contribution in [2.24, 2.45) is 0 Å². The van der Waals surface area contributed by atoms with Gasteiger partial charge in [-0.05, 0) is 48.2 Å². The Morgan fingerprint density at radius 1 is 0.950 bits per heavy atom. The molecule has 2 unspecified atom stereocenters. The van der Waals surface area contributed by atoms with E-state index in [4.69, 9.17) is 0 Å². The molecular formula is C17H17F2N. The van der Waals surface area contributed by atoms with Gasteiger partial charge in [0.05, 0.1) is 0 Å². The van der Waals surface area contributed by atoms with E-state index in [0.717, 1.165) is 19.5 Å². The summed E-state index contributed by atoms with van der Waals surface area (Å²) in [5.74, 6) is -0.471. The smallest absolute Gasteiger partial charge is 0.126 e. The molecule has 1 heterocycles. The molecule has 0 aromatic heterocycles. The third kappa shape index (κ3) is 2.59. The molecule has 2 aromatic carbocycles. The fourth-order valence-corrected chi connectivity index (χ4v) is 3.08. The van der Waals surface area contributed by atoms with Crippen LogP contribution in [0, 0.1) is 11.6 Å².